The second-order valence-electron chi connectivity index (χ2n) is 15.4. The summed E-state index contributed by atoms with van der Waals surface area (Å²) in [6.45, 7) is 5.02. The number of allylic oxidation sites excluding steroid dienone is 1. The second-order valence-corrected chi connectivity index (χ2v) is 15.4. The summed E-state index contributed by atoms with van der Waals surface area (Å²) in [6.07, 6.45) is 8.00. The van der Waals surface area contributed by atoms with Crippen molar-refractivity contribution in [2.24, 2.45) is 22.9 Å². The number of nitrogens with zero attached hydrogens (tertiary/aromatic N) is 2. The van der Waals surface area contributed by atoms with Gasteiger partial charge in [-0.05, 0) is 84.6 Å². The number of hydrogen-bond donors (Lipinski definition) is 3. The topological polar surface area (TPSA) is 158 Å². The minimum atomic E-state index is -1.49. The molecule has 7 rings (SSSR count). The van der Waals surface area contributed by atoms with E-state index in [1.807, 2.05) is 48.5 Å². The van der Waals surface area contributed by atoms with Gasteiger partial charge in [-0.3, -0.25) is 4.90 Å². The highest BCUT2D eigenvalue weighted by Gasteiger charge is 2.65. The normalized spacial score (nSPS) is 24.4. The van der Waals surface area contributed by atoms with E-state index in [1.54, 1.807) is 29.2 Å². The number of oxime groups is 1. The Morgan fingerprint density at radius 2 is 1.73 bits per heavy atom. The van der Waals surface area contributed by atoms with E-state index in [0.29, 0.717) is 42.4 Å². The Kier molecular flexibility index (Phi) is 14.1. The Balaban J connectivity index is 1.33. The summed E-state index contributed by atoms with van der Waals surface area (Å²) in [5, 5.41) is 35.2. The third-order valence-electron chi connectivity index (χ3n) is 11.8. The molecule has 316 valence electrons. The molecule has 13 nitrogen and oxygen atoms in total. The lowest BCUT2D eigenvalue weighted by atomic mass is 9.55. The van der Waals surface area contributed by atoms with Gasteiger partial charge in [0, 0.05) is 37.7 Å². The Morgan fingerprint density at radius 1 is 0.949 bits per heavy atom. The number of amides is 1. The zero-order valence-electron chi connectivity index (χ0n) is 33.7. The van der Waals surface area contributed by atoms with Gasteiger partial charge in [0.25, 0.3) is 0 Å². The number of ether oxygens (including phenoxy) is 6. The first kappa shape index (κ1) is 42.1. The lowest BCUT2D eigenvalue weighted by molar-refractivity contribution is -0.256. The first-order valence-corrected chi connectivity index (χ1v) is 20.6. The molecule has 59 heavy (non-hydrogen) atoms. The molecule has 2 heterocycles. The summed E-state index contributed by atoms with van der Waals surface area (Å²) >= 11 is 0. The lowest BCUT2D eigenvalue weighted by Crippen LogP contribution is -2.70. The van der Waals surface area contributed by atoms with Crippen molar-refractivity contribution in [1.82, 2.24) is 4.90 Å². The van der Waals surface area contributed by atoms with Gasteiger partial charge in [0.05, 0.1) is 31.5 Å². The van der Waals surface area contributed by atoms with E-state index in [1.165, 1.54) is 7.11 Å². The van der Waals surface area contributed by atoms with Crippen LogP contribution in [0.15, 0.2) is 96.2 Å². The van der Waals surface area contributed by atoms with Gasteiger partial charge in [-0.25, -0.2) is 4.79 Å². The molecule has 13 heteroatoms. The molecule has 3 N–H and O–H groups in total. The standard InChI is InChI=1S/C46H56N2O11/c1-3-21-58-46-42(48(28-32-15-17-40-41(24-32)57-30-56-40)45(52)55-23-22-54-29-31-11-5-4-6-12-31)27-38(47-53-2)36-25-33(13-7-9-19-49)35(14-8-10-20-50)43(44(36)46)37-26-34(51)16-18-39(37)59-46/h3-6,11-12,15-18,24-26,33,35,42-44,49-51H,1,7-10,13-14,19-23,27-30H2,2H3/t33-,35+,42-,43+,44+,46+/m0/s1. The molecule has 2 aliphatic carbocycles. The molecule has 0 bridgehead atoms. The molecule has 2 aliphatic heterocycles. The number of phenolic OH excluding ortho intramolecular Hbond substituents is 1. The van der Waals surface area contributed by atoms with Crippen LogP contribution in [0.3, 0.4) is 0 Å². The van der Waals surface area contributed by atoms with Crippen LogP contribution in [0, 0.1) is 17.8 Å². The van der Waals surface area contributed by atoms with Crippen molar-refractivity contribution in [3.05, 3.63) is 108 Å². The number of phenols is 1. The molecule has 0 unspecified atom stereocenters. The van der Waals surface area contributed by atoms with Crippen molar-refractivity contribution >= 4 is 11.8 Å². The summed E-state index contributed by atoms with van der Waals surface area (Å²) in [5.41, 5.74) is 4.15. The lowest BCUT2D eigenvalue weighted by Gasteiger charge is -2.59. The Hall–Kier alpha value is -5.08. The van der Waals surface area contributed by atoms with Crippen molar-refractivity contribution in [1.29, 1.82) is 0 Å². The largest absolute Gasteiger partial charge is 0.508 e. The molecule has 1 fully saturated rings. The zero-order chi connectivity index (χ0) is 41.2. The minimum Gasteiger partial charge on any atom is -0.508 e. The number of aromatic hydroxyl groups is 1. The highest BCUT2D eigenvalue weighted by Crippen LogP contribution is 2.62. The molecule has 6 atom stereocenters. The van der Waals surface area contributed by atoms with Crippen LogP contribution < -0.4 is 14.2 Å². The van der Waals surface area contributed by atoms with E-state index in [2.05, 4.69) is 17.8 Å². The van der Waals surface area contributed by atoms with Gasteiger partial charge in [0.1, 0.15) is 31.3 Å². The molecular weight excluding hydrogens is 757 g/mol. The molecule has 1 saturated carbocycles. The number of aliphatic hydroxyl groups is 2. The zero-order valence-corrected chi connectivity index (χ0v) is 33.7. The number of hydrogen-bond acceptors (Lipinski definition) is 12. The van der Waals surface area contributed by atoms with Crippen molar-refractivity contribution in [2.75, 3.05) is 46.9 Å². The van der Waals surface area contributed by atoms with Gasteiger partial charge in [0.15, 0.2) is 11.5 Å². The number of carbonyl (C=O) groups is 1. The number of benzene rings is 3. The van der Waals surface area contributed by atoms with Crippen LogP contribution in [0.25, 0.3) is 0 Å². The number of unbranched alkanes of at least 4 members (excludes halogenated alkanes) is 2. The van der Waals surface area contributed by atoms with Crippen LogP contribution in [0.2, 0.25) is 0 Å². The van der Waals surface area contributed by atoms with E-state index in [-0.39, 0.29) is 76.3 Å². The van der Waals surface area contributed by atoms with E-state index in [9.17, 15) is 20.1 Å². The van der Waals surface area contributed by atoms with Gasteiger partial charge < -0.3 is 48.6 Å². The van der Waals surface area contributed by atoms with Gasteiger partial charge in [0.2, 0.25) is 12.6 Å². The highest BCUT2D eigenvalue weighted by atomic mass is 16.7. The summed E-state index contributed by atoms with van der Waals surface area (Å²) in [7, 11) is 1.51. The average molecular weight is 813 g/mol. The summed E-state index contributed by atoms with van der Waals surface area (Å²) in [5.74, 6) is -0.375. The molecule has 1 amide bonds. The minimum absolute atomic E-state index is 0.00180. The number of aliphatic hydroxyl groups excluding tert-OH is 2. The Bertz CT molecular complexity index is 1950. The number of fused-ring (bicyclic) bond motifs is 3. The number of rotatable bonds is 20. The fourth-order valence-corrected chi connectivity index (χ4v) is 9.34. The Morgan fingerprint density at radius 3 is 2.51 bits per heavy atom. The molecule has 3 aromatic rings. The average Bonchev–Trinajstić information content (AvgIpc) is 3.72. The first-order valence-electron chi connectivity index (χ1n) is 20.6. The van der Waals surface area contributed by atoms with Crippen molar-refractivity contribution < 1.29 is 53.4 Å². The fourth-order valence-electron chi connectivity index (χ4n) is 9.34. The monoisotopic (exact) mass is 812 g/mol. The van der Waals surface area contributed by atoms with Gasteiger partial charge in [-0.15, -0.1) is 6.58 Å². The van der Waals surface area contributed by atoms with Gasteiger partial charge in [-0.2, -0.15) is 0 Å². The van der Waals surface area contributed by atoms with Crippen molar-refractivity contribution in [2.45, 2.75) is 75.8 Å². The Labute approximate surface area is 345 Å². The van der Waals surface area contributed by atoms with Crippen molar-refractivity contribution in [3.63, 3.8) is 0 Å². The number of carbonyl (C=O) groups excluding carboxylic acids is 1. The van der Waals surface area contributed by atoms with Crippen LogP contribution in [0.4, 0.5) is 4.79 Å². The molecule has 0 saturated heterocycles. The van der Waals surface area contributed by atoms with Gasteiger partial charge in [-0.1, -0.05) is 66.5 Å². The quantitative estimate of drug-likeness (QED) is 0.0600. The van der Waals surface area contributed by atoms with Crippen molar-refractivity contribution in [3.8, 4) is 23.0 Å². The van der Waals surface area contributed by atoms with Crippen LogP contribution in [-0.2, 0) is 32.2 Å². The molecule has 0 aromatic heterocycles. The highest BCUT2D eigenvalue weighted by molar-refractivity contribution is 6.03. The third-order valence-corrected chi connectivity index (χ3v) is 11.8. The molecule has 3 aromatic carbocycles. The maximum absolute atomic E-state index is 14.7. The van der Waals surface area contributed by atoms with E-state index in [0.717, 1.165) is 47.9 Å². The maximum atomic E-state index is 14.7. The second kappa shape index (κ2) is 19.8. The molecule has 0 spiro atoms. The third kappa shape index (κ3) is 9.23. The summed E-state index contributed by atoms with van der Waals surface area (Å²) in [4.78, 5) is 21.9. The maximum Gasteiger partial charge on any atom is 0.410 e. The van der Waals surface area contributed by atoms with Gasteiger partial charge >= 0.3 is 6.09 Å². The van der Waals surface area contributed by atoms with Crippen LogP contribution in [0.5, 0.6) is 23.0 Å². The molecule has 4 aliphatic rings. The molecular formula is C46H56N2O11. The van der Waals surface area contributed by atoms with Crippen LogP contribution in [-0.4, -0.2) is 90.8 Å². The van der Waals surface area contributed by atoms with E-state index >= 15 is 0 Å². The fraction of sp³-hybridized carbons (Fsp3) is 0.478. The van der Waals surface area contributed by atoms with Crippen LogP contribution >= 0.6 is 0 Å². The predicted molar refractivity (Wildman–Crippen MR) is 219 cm³/mol. The summed E-state index contributed by atoms with van der Waals surface area (Å²) in [6, 6.07) is 19.7. The first-order chi connectivity index (χ1) is 28.9. The molecule has 0 radical (unpaired) electrons. The SMILES string of the molecule is C=CCO[C@@]12Oc3ccc(O)cc3[C@H]3[C@H](CCCCO)[C@@H](CCCCO)C=C(C(=NOC)C[C@@H]1N(Cc1ccc4c(c1)OCO4)C(=O)OCCOCc1ccccc1)[C@H]32. The van der Waals surface area contributed by atoms with E-state index < -0.39 is 23.8 Å². The smallest absolute Gasteiger partial charge is 0.410 e. The van der Waals surface area contributed by atoms with E-state index in [4.69, 9.17) is 33.3 Å². The van der Waals surface area contributed by atoms with Crippen LogP contribution in [0.1, 0.15) is 67.6 Å². The summed E-state index contributed by atoms with van der Waals surface area (Å²) < 4.78 is 37.4. The predicted octanol–water partition coefficient (Wildman–Crippen LogP) is 7.24.